The van der Waals surface area contributed by atoms with Gasteiger partial charge in [0, 0.05) is 17.7 Å². The van der Waals surface area contributed by atoms with E-state index in [4.69, 9.17) is 11.6 Å². The van der Waals surface area contributed by atoms with E-state index >= 15 is 0 Å². The van der Waals surface area contributed by atoms with Crippen molar-refractivity contribution in [3.8, 4) is 0 Å². The van der Waals surface area contributed by atoms with Gasteiger partial charge in [0.25, 0.3) is 0 Å². The molecule has 3 heterocycles. The third kappa shape index (κ3) is 2.63. The van der Waals surface area contributed by atoms with Gasteiger partial charge in [0.1, 0.15) is 0 Å². The lowest BCUT2D eigenvalue weighted by molar-refractivity contribution is -0.137. The van der Waals surface area contributed by atoms with Gasteiger partial charge in [0.05, 0.1) is 21.3 Å². The minimum Gasteiger partial charge on any atom is -0.300 e. The Balaban J connectivity index is 1.79. The summed E-state index contributed by atoms with van der Waals surface area (Å²) in [7, 11) is 0. The number of halogens is 4. The van der Waals surface area contributed by atoms with E-state index in [0.29, 0.717) is 10.7 Å². The molecular formula is C10H9ClF3N3S2. The van der Waals surface area contributed by atoms with E-state index in [1.807, 2.05) is 28.5 Å². The first-order valence-electron chi connectivity index (χ1n) is 5.46. The number of hydrazine groups is 1. The second-order valence-corrected chi connectivity index (χ2v) is 6.98. The number of nitrogens with one attached hydrogen (secondary N) is 1. The van der Waals surface area contributed by atoms with E-state index < -0.39 is 11.7 Å². The van der Waals surface area contributed by atoms with Crippen molar-refractivity contribution in [2.75, 3.05) is 16.9 Å². The van der Waals surface area contributed by atoms with Crippen molar-refractivity contribution >= 4 is 40.9 Å². The first-order valence-corrected chi connectivity index (χ1v) is 7.93. The number of pyridine rings is 1. The number of aromatic nitrogens is 1. The largest absolute Gasteiger partial charge is 0.417 e. The van der Waals surface area contributed by atoms with Gasteiger partial charge < -0.3 is 0 Å². The number of hydrogen-bond acceptors (Lipinski definition) is 5. The smallest absolute Gasteiger partial charge is 0.300 e. The van der Waals surface area contributed by atoms with Gasteiger partial charge in [-0.05, 0) is 6.07 Å². The van der Waals surface area contributed by atoms with Crippen molar-refractivity contribution in [3.05, 3.63) is 22.8 Å². The maximum absolute atomic E-state index is 12.5. The second kappa shape index (κ2) is 4.91. The highest BCUT2D eigenvalue weighted by Gasteiger charge is 2.41. The fourth-order valence-electron chi connectivity index (χ4n) is 1.93. The fraction of sp³-hybridized carbons (Fsp3) is 0.500. The molecule has 9 heteroatoms. The molecule has 2 aliphatic rings. The van der Waals surface area contributed by atoms with Gasteiger partial charge >= 0.3 is 6.18 Å². The molecule has 3 nitrogen and oxygen atoms in total. The predicted molar refractivity (Wildman–Crippen MR) is 72.2 cm³/mol. The highest BCUT2D eigenvalue weighted by molar-refractivity contribution is 8.07. The van der Waals surface area contributed by atoms with E-state index in [0.717, 1.165) is 23.8 Å². The standard InChI is InChI=1S/C10H9ClF3N3S2/c11-6-1-5(10(12,13)14)2-15-9(6)16-17-7-3-18-8(17)4-19-7/h1-2,7-8H,3-4H2,(H,15,16)/t7-,8+. The maximum Gasteiger partial charge on any atom is 0.417 e. The molecule has 0 saturated carbocycles. The number of anilines is 1. The van der Waals surface area contributed by atoms with Gasteiger partial charge in [-0.25, -0.2) is 4.98 Å². The van der Waals surface area contributed by atoms with E-state index in [1.165, 1.54) is 0 Å². The summed E-state index contributed by atoms with van der Waals surface area (Å²) in [5.41, 5.74) is 2.19. The summed E-state index contributed by atoms with van der Waals surface area (Å²) in [6.07, 6.45) is -3.62. The van der Waals surface area contributed by atoms with Gasteiger partial charge in [-0.2, -0.15) is 18.2 Å². The zero-order chi connectivity index (χ0) is 13.6. The van der Waals surface area contributed by atoms with E-state index in [-0.39, 0.29) is 10.8 Å². The molecule has 0 radical (unpaired) electrons. The lowest BCUT2D eigenvalue weighted by atomic mass is 10.3. The molecule has 2 fully saturated rings. The van der Waals surface area contributed by atoms with Crippen LogP contribution in [0.5, 0.6) is 0 Å². The van der Waals surface area contributed by atoms with Gasteiger partial charge in [0.2, 0.25) is 0 Å². The third-order valence-corrected chi connectivity index (χ3v) is 6.17. The Kier molecular flexibility index (Phi) is 3.53. The molecule has 104 valence electrons. The number of nitrogens with zero attached hydrogens (tertiary/aromatic N) is 2. The highest BCUT2D eigenvalue weighted by Crippen LogP contribution is 2.44. The van der Waals surface area contributed by atoms with Gasteiger partial charge in [0.15, 0.2) is 5.82 Å². The number of alkyl halides is 3. The topological polar surface area (TPSA) is 28.2 Å². The average Bonchev–Trinajstić information content (AvgIpc) is 2.90. The second-order valence-electron chi connectivity index (χ2n) is 4.15. The molecule has 1 aromatic rings. The number of rotatable bonds is 2. The van der Waals surface area contributed by atoms with Crippen molar-refractivity contribution in [2.45, 2.75) is 16.9 Å². The summed E-state index contributed by atoms with van der Waals surface area (Å²) in [6.45, 7) is 0. The number of hydrogen-bond donors (Lipinski definition) is 1. The first-order chi connectivity index (χ1) is 8.95. The number of fused-ring (bicyclic) bond motifs is 2. The Bertz CT molecular complexity index is 479. The van der Waals surface area contributed by atoms with Crippen LogP contribution in [0.4, 0.5) is 19.0 Å². The third-order valence-electron chi connectivity index (χ3n) is 2.89. The van der Waals surface area contributed by atoms with Gasteiger partial charge in [-0.15, -0.1) is 23.5 Å². The molecule has 0 unspecified atom stereocenters. The molecule has 19 heavy (non-hydrogen) atoms. The molecule has 2 atom stereocenters. The van der Waals surface area contributed by atoms with E-state index in [9.17, 15) is 13.2 Å². The zero-order valence-corrected chi connectivity index (χ0v) is 11.8. The summed E-state index contributed by atoms with van der Waals surface area (Å²) in [6, 6.07) is 0.898. The first kappa shape index (κ1) is 13.7. The molecule has 0 aliphatic carbocycles. The Morgan fingerprint density at radius 3 is 2.42 bits per heavy atom. The van der Waals surface area contributed by atoms with Crippen LogP contribution in [0.1, 0.15) is 5.56 Å². The van der Waals surface area contributed by atoms with Crippen molar-refractivity contribution in [3.63, 3.8) is 0 Å². The Morgan fingerprint density at radius 2 is 1.95 bits per heavy atom. The van der Waals surface area contributed by atoms with Crippen LogP contribution >= 0.6 is 35.1 Å². The Hall–Kier alpha value is -0.310. The van der Waals surface area contributed by atoms with Crippen LogP contribution in [-0.2, 0) is 6.18 Å². The lowest BCUT2D eigenvalue weighted by Gasteiger charge is -2.22. The van der Waals surface area contributed by atoms with Crippen molar-refractivity contribution in [1.82, 2.24) is 9.99 Å². The Labute approximate surface area is 121 Å². The normalized spacial score (nSPS) is 26.9. The lowest BCUT2D eigenvalue weighted by Crippen LogP contribution is -2.35. The van der Waals surface area contributed by atoms with Gasteiger partial charge in [-0.3, -0.25) is 5.43 Å². The Morgan fingerprint density at radius 1 is 1.32 bits per heavy atom. The number of thioether (sulfide) groups is 2. The average molecular weight is 328 g/mol. The van der Waals surface area contributed by atoms with Crippen LogP contribution in [0, 0.1) is 0 Å². The van der Waals surface area contributed by atoms with Crippen LogP contribution < -0.4 is 5.43 Å². The van der Waals surface area contributed by atoms with Crippen molar-refractivity contribution in [1.29, 1.82) is 0 Å². The zero-order valence-electron chi connectivity index (χ0n) is 9.45. The van der Waals surface area contributed by atoms with Crippen LogP contribution in [0.3, 0.4) is 0 Å². The van der Waals surface area contributed by atoms with E-state index in [2.05, 4.69) is 10.4 Å². The monoisotopic (exact) mass is 327 g/mol. The molecule has 0 aromatic carbocycles. The van der Waals surface area contributed by atoms with Crippen LogP contribution in [-0.4, -0.2) is 32.2 Å². The quantitative estimate of drug-likeness (QED) is 0.897. The molecule has 1 N–H and O–H groups in total. The molecule has 2 bridgehead atoms. The summed E-state index contributed by atoms with van der Waals surface area (Å²) in [5, 5.41) is 2.65. The van der Waals surface area contributed by atoms with E-state index in [1.54, 1.807) is 0 Å². The molecule has 2 saturated heterocycles. The molecular weight excluding hydrogens is 319 g/mol. The summed E-state index contributed by atoms with van der Waals surface area (Å²) < 4.78 is 37.5. The predicted octanol–water partition coefficient (Wildman–Crippen LogP) is 3.53. The maximum atomic E-state index is 12.5. The summed E-state index contributed by atoms with van der Waals surface area (Å²) in [5.74, 6) is 2.27. The molecule has 1 aromatic heterocycles. The highest BCUT2D eigenvalue weighted by atomic mass is 35.5. The fourth-order valence-corrected chi connectivity index (χ4v) is 5.27. The SMILES string of the molecule is FC(F)(F)c1cnc(NN2[C@@H]3CS[C@@H]2CS3)c(Cl)c1. The molecule has 2 aliphatic heterocycles. The van der Waals surface area contributed by atoms with Crippen LogP contribution in [0.25, 0.3) is 0 Å². The van der Waals surface area contributed by atoms with Crippen molar-refractivity contribution < 1.29 is 13.2 Å². The summed E-state index contributed by atoms with van der Waals surface area (Å²) >= 11 is 9.51. The van der Waals surface area contributed by atoms with Crippen LogP contribution in [0.15, 0.2) is 12.3 Å². The minimum atomic E-state index is -4.42. The molecule has 0 amide bonds. The minimum absolute atomic E-state index is 0.0175. The summed E-state index contributed by atoms with van der Waals surface area (Å²) in [4.78, 5) is 3.78. The molecule has 0 spiro atoms. The van der Waals surface area contributed by atoms with Gasteiger partial charge in [-0.1, -0.05) is 11.6 Å². The van der Waals surface area contributed by atoms with Crippen LogP contribution in [0.2, 0.25) is 5.02 Å². The van der Waals surface area contributed by atoms with Crippen molar-refractivity contribution in [2.24, 2.45) is 0 Å². The molecule has 3 rings (SSSR count).